The third-order valence-corrected chi connectivity index (χ3v) is 18.1. The van der Waals surface area contributed by atoms with E-state index in [4.69, 9.17) is 4.74 Å². The first-order valence-electron chi connectivity index (χ1n) is 38.8. The summed E-state index contributed by atoms with van der Waals surface area (Å²) in [5.74, 6) is -0.0510. The van der Waals surface area contributed by atoms with Gasteiger partial charge in [0, 0.05) is 12.8 Å². The summed E-state index contributed by atoms with van der Waals surface area (Å²) in [4.78, 5) is 24.6. The fourth-order valence-corrected chi connectivity index (χ4v) is 12.2. The average molecular weight is 1200 g/mol. The van der Waals surface area contributed by atoms with Crippen LogP contribution in [-0.2, 0) is 14.3 Å². The number of rotatable bonds is 73. The van der Waals surface area contributed by atoms with E-state index in [-0.39, 0.29) is 18.5 Å². The van der Waals surface area contributed by atoms with Crippen LogP contribution in [0.25, 0.3) is 0 Å². The van der Waals surface area contributed by atoms with Crippen molar-refractivity contribution in [2.75, 3.05) is 13.2 Å². The van der Waals surface area contributed by atoms with Crippen LogP contribution < -0.4 is 5.32 Å². The maximum Gasteiger partial charge on any atom is 0.305 e. The minimum atomic E-state index is -0.844. The van der Waals surface area contributed by atoms with Crippen LogP contribution in [0, 0.1) is 0 Å². The molecule has 0 saturated carbocycles. The Kier molecular flexibility index (Phi) is 72.9. The van der Waals surface area contributed by atoms with E-state index in [1.54, 1.807) is 6.08 Å². The molecule has 85 heavy (non-hydrogen) atoms. The van der Waals surface area contributed by atoms with E-state index in [1.807, 2.05) is 6.08 Å². The maximum absolute atomic E-state index is 12.5. The van der Waals surface area contributed by atoms with Gasteiger partial charge in [-0.1, -0.05) is 371 Å². The van der Waals surface area contributed by atoms with Crippen molar-refractivity contribution in [3.05, 3.63) is 36.5 Å². The zero-order valence-electron chi connectivity index (χ0n) is 57.6. The number of nitrogens with one attached hydrogen (secondary N) is 1. The summed E-state index contributed by atoms with van der Waals surface area (Å²) in [6.07, 6.45) is 96.8. The number of carbonyl (C=O) groups excluding carboxylic acids is 2. The molecule has 2 unspecified atom stereocenters. The lowest BCUT2D eigenvalue weighted by Gasteiger charge is -2.20. The fourth-order valence-electron chi connectivity index (χ4n) is 12.2. The number of unbranched alkanes of at least 4 members (excludes halogenated alkanes) is 58. The SMILES string of the molecule is CCCCCCCCC/C=C\CCCCCCCC(=O)OCCCCCCCCCCCCCC/C=C\CCCCCCCCCCCCCCCCCC(=O)NC(CO)C(O)/C=C/CCCCCCCCCCCCCCCCCCCCC. The molecular formula is C79H151NO5. The van der Waals surface area contributed by atoms with Gasteiger partial charge in [-0.3, -0.25) is 9.59 Å². The first-order chi connectivity index (χ1) is 42.0. The van der Waals surface area contributed by atoms with Crippen molar-refractivity contribution in [2.45, 2.75) is 443 Å². The van der Waals surface area contributed by atoms with Crippen molar-refractivity contribution in [1.82, 2.24) is 5.32 Å². The smallest absolute Gasteiger partial charge is 0.305 e. The molecule has 0 heterocycles. The molecule has 0 aliphatic heterocycles. The molecule has 0 aliphatic carbocycles. The molecule has 0 aromatic heterocycles. The van der Waals surface area contributed by atoms with E-state index in [2.05, 4.69) is 43.5 Å². The number of esters is 1. The molecule has 3 N–H and O–H groups in total. The van der Waals surface area contributed by atoms with Crippen LogP contribution in [0.1, 0.15) is 431 Å². The lowest BCUT2D eigenvalue weighted by Crippen LogP contribution is -2.45. The van der Waals surface area contributed by atoms with Crippen molar-refractivity contribution in [3.8, 4) is 0 Å². The monoisotopic (exact) mass is 1190 g/mol. The van der Waals surface area contributed by atoms with Gasteiger partial charge in [0.15, 0.2) is 0 Å². The zero-order chi connectivity index (χ0) is 61.3. The first-order valence-corrected chi connectivity index (χ1v) is 38.8. The largest absolute Gasteiger partial charge is 0.466 e. The molecule has 0 spiro atoms. The summed E-state index contributed by atoms with van der Waals surface area (Å²) in [7, 11) is 0. The van der Waals surface area contributed by atoms with Gasteiger partial charge in [-0.15, -0.1) is 0 Å². The highest BCUT2D eigenvalue weighted by Gasteiger charge is 2.18. The lowest BCUT2D eigenvalue weighted by molar-refractivity contribution is -0.143. The van der Waals surface area contributed by atoms with E-state index in [1.165, 1.54) is 360 Å². The van der Waals surface area contributed by atoms with Crippen LogP contribution in [0.2, 0.25) is 0 Å². The summed E-state index contributed by atoms with van der Waals surface area (Å²) in [5.41, 5.74) is 0. The number of amides is 1. The summed E-state index contributed by atoms with van der Waals surface area (Å²) in [6, 6.07) is -0.628. The normalized spacial score (nSPS) is 12.7. The van der Waals surface area contributed by atoms with Crippen molar-refractivity contribution < 1.29 is 24.5 Å². The van der Waals surface area contributed by atoms with Gasteiger partial charge in [0.05, 0.1) is 25.4 Å². The summed E-state index contributed by atoms with van der Waals surface area (Å²) < 4.78 is 5.50. The molecule has 502 valence electrons. The third kappa shape index (κ3) is 71.0. The molecule has 0 bridgehead atoms. The predicted octanol–water partition coefficient (Wildman–Crippen LogP) is 25.4. The quantitative estimate of drug-likeness (QED) is 0.0320. The minimum absolute atomic E-state index is 0.0107. The van der Waals surface area contributed by atoms with Crippen molar-refractivity contribution >= 4 is 11.9 Å². The van der Waals surface area contributed by atoms with E-state index in [0.29, 0.717) is 19.4 Å². The molecule has 0 aromatic rings. The van der Waals surface area contributed by atoms with Crippen molar-refractivity contribution in [3.63, 3.8) is 0 Å². The van der Waals surface area contributed by atoms with Gasteiger partial charge in [-0.25, -0.2) is 0 Å². The molecule has 1 amide bonds. The van der Waals surface area contributed by atoms with Gasteiger partial charge < -0.3 is 20.3 Å². The molecule has 0 rings (SSSR count). The van der Waals surface area contributed by atoms with Gasteiger partial charge in [0.1, 0.15) is 0 Å². The number of ether oxygens (including phenoxy) is 1. The second-order valence-electron chi connectivity index (χ2n) is 26.7. The van der Waals surface area contributed by atoms with Gasteiger partial charge in [-0.05, 0) is 83.5 Å². The van der Waals surface area contributed by atoms with Crippen LogP contribution in [0.15, 0.2) is 36.5 Å². The Morgan fingerprint density at radius 3 is 0.835 bits per heavy atom. The molecule has 0 aromatic carbocycles. The average Bonchev–Trinajstić information content (AvgIpc) is 3.51. The topological polar surface area (TPSA) is 95.9 Å². The summed E-state index contributed by atoms with van der Waals surface area (Å²) >= 11 is 0. The number of hydrogen-bond acceptors (Lipinski definition) is 5. The number of hydrogen-bond donors (Lipinski definition) is 3. The first kappa shape index (κ1) is 83.1. The van der Waals surface area contributed by atoms with Crippen LogP contribution in [-0.4, -0.2) is 47.4 Å². The number of aliphatic hydroxyl groups is 2. The Bertz CT molecular complexity index is 1380. The van der Waals surface area contributed by atoms with Crippen LogP contribution in [0.3, 0.4) is 0 Å². The molecule has 6 heteroatoms. The standard InChI is InChI=1S/C79H151NO5/c1-3-5-7-9-11-13-15-17-19-21-22-34-37-40-43-47-51-55-59-63-67-71-77(82)76(75-81)80-78(83)72-68-64-60-56-52-48-44-41-38-35-32-30-28-26-24-23-25-27-29-31-33-36-39-42-46-50-54-58-62-66-70-74-85-79(84)73-69-65-61-57-53-49-45-20-18-16-14-12-10-8-6-4-2/h20,25,27,45,67,71,76-77,81-82H,3-19,21-24,26,28-44,46-66,68-70,72-75H2,1-2H3,(H,80,83)/b27-25-,45-20-,71-67+. The van der Waals surface area contributed by atoms with Crippen LogP contribution >= 0.6 is 0 Å². The van der Waals surface area contributed by atoms with E-state index in [9.17, 15) is 19.8 Å². The number of allylic oxidation sites excluding steroid dienone is 5. The molecule has 0 saturated heterocycles. The highest BCUT2D eigenvalue weighted by atomic mass is 16.5. The minimum Gasteiger partial charge on any atom is -0.466 e. The Balaban J connectivity index is 3.38. The number of carbonyl (C=O) groups is 2. The maximum atomic E-state index is 12.5. The van der Waals surface area contributed by atoms with Gasteiger partial charge in [0.25, 0.3) is 0 Å². The van der Waals surface area contributed by atoms with Gasteiger partial charge in [-0.2, -0.15) is 0 Å². The lowest BCUT2D eigenvalue weighted by atomic mass is 10.0. The Morgan fingerprint density at radius 1 is 0.318 bits per heavy atom. The van der Waals surface area contributed by atoms with E-state index >= 15 is 0 Å². The second kappa shape index (κ2) is 74.5. The highest BCUT2D eigenvalue weighted by molar-refractivity contribution is 5.76. The van der Waals surface area contributed by atoms with Crippen molar-refractivity contribution in [1.29, 1.82) is 0 Å². The third-order valence-electron chi connectivity index (χ3n) is 18.1. The Hall–Kier alpha value is -1.92. The molecule has 2 atom stereocenters. The van der Waals surface area contributed by atoms with E-state index < -0.39 is 12.1 Å². The van der Waals surface area contributed by atoms with Crippen LogP contribution in [0.4, 0.5) is 0 Å². The molecule has 0 aliphatic rings. The zero-order valence-corrected chi connectivity index (χ0v) is 57.6. The van der Waals surface area contributed by atoms with Crippen LogP contribution in [0.5, 0.6) is 0 Å². The number of aliphatic hydroxyl groups excluding tert-OH is 2. The van der Waals surface area contributed by atoms with Gasteiger partial charge in [0.2, 0.25) is 5.91 Å². The highest BCUT2D eigenvalue weighted by Crippen LogP contribution is 2.19. The van der Waals surface area contributed by atoms with Gasteiger partial charge >= 0.3 is 5.97 Å². The predicted molar refractivity (Wildman–Crippen MR) is 375 cm³/mol. The van der Waals surface area contributed by atoms with Crippen molar-refractivity contribution in [2.24, 2.45) is 0 Å². The Labute approximate surface area is 532 Å². The summed E-state index contributed by atoms with van der Waals surface area (Å²) in [6.45, 7) is 4.94. The molecule has 0 fully saturated rings. The molecular weight excluding hydrogens is 1040 g/mol. The molecule has 6 nitrogen and oxygen atoms in total. The fraction of sp³-hybridized carbons (Fsp3) is 0.899. The summed E-state index contributed by atoms with van der Waals surface area (Å²) in [5, 5.41) is 23.3. The molecule has 0 radical (unpaired) electrons. The van der Waals surface area contributed by atoms with E-state index in [0.717, 1.165) is 44.9 Å². The Morgan fingerprint density at radius 2 is 0.553 bits per heavy atom. The second-order valence-corrected chi connectivity index (χ2v) is 26.7.